The van der Waals surface area contributed by atoms with Crippen LogP contribution in [-0.4, -0.2) is 53.7 Å². The van der Waals surface area contributed by atoms with E-state index in [-0.39, 0.29) is 17.6 Å². The molecule has 1 saturated heterocycles. The van der Waals surface area contributed by atoms with Crippen LogP contribution in [0.2, 0.25) is 0 Å². The van der Waals surface area contributed by atoms with E-state index in [2.05, 4.69) is 9.88 Å². The second kappa shape index (κ2) is 9.83. The van der Waals surface area contributed by atoms with E-state index in [0.29, 0.717) is 11.3 Å². The van der Waals surface area contributed by atoms with Gasteiger partial charge >= 0.3 is 0 Å². The molecule has 1 fully saturated rings. The smallest absolute Gasteiger partial charge is 0.225 e. The number of fused-ring (bicyclic) bond motifs is 1. The van der Waals surface area contributed by atoms with E-state index in [1.54, 1.807) is 22.3 Å². The molecule has 1 aliphatic rings. The number of thiazole rings is 1. The van der Waals surface area contributed by atoms with Crippen molar-refractivity contribution in [1.29, 1.82) is 0 Å². The third-order valence-corrected chi connectivity index (χ3v) is 8.55. The highest BCUT2D eigenvalue weighted by atomic mass is 32.1. The summed E-state index contributed by atoms with van der Waals surface area (Å²) in [6, 6.07) is 12.7. The minimum absolute atomic E-state index is 0.0703. The molecule has 0 saturated carbocycles. The highest BCUT2D eigenvalue weighted by molar-refractivity contribution is 7.29. The third-order valence-electron chi connectivity index (χ3n) is 6.29. The number of ketones is 1. The molecule has 0 radical (unpaired) electrons. The fraction of sp³-hybridized carbons (Fsp3) is 0.308. The second-order valence-corrected chi connectivity index (χ2v) is 11.0. The van der Waals surface area contributed by atoms with Gasteiger partial charge in [-0.15, -0.1) is 11.3 Å². The van der Waals surface area contributed by atoms with Crippen LogP contribution >= 0.6 is 22.7 Å². The highest BCUT2D eigenvalue weighted by Gasteiger charge is 2.27. The van der Waals surface area contributed by atoms with Gasteiger partial charge in [-0.05, 0) is 42.2 Å². The maximum absolute atomic E-state index is 13.0. The van der Waals surface area contributed by atoms with Gasteiger partial charge in [-0.25, -0.2) is 9.97 Å². The van der Waals surface area contributed by atoms with Crippen LogP contribution in [0.5, 0.6) is 0 Å². The molecule has 5 rings (SSSR count). The number of amides is 1. The first kappa shape index (κ1) is 23.6. The Morgan fingerprint density at radius 3 is 2.40 bits per heavy atom. The number of carbonyl (C=O) groups excluding carboxylic acids is 2. The van der Waals surface area contributed by atoms with E-state index in [1.807, 2.05) is 44.4 Å². The molecular weight excluding hydrogens is 483 g/mol. The zero-order valence-corrected chi connectivity index (χ0v) is 21.2. The molecule has 0 unspecified atom stereocenters. The number of pyridine rings is 1. The number of hydrogen-bond acceptors (Lipinski definition) is 7. The highest BCUT2D eigenvalue weighted by Crippen LogP contribution is 2.36. The van der Waals surface area contributed by atoms with Crippen molar-refractivity contribution in [3.63, 3.8) is 0 Å². The summed E-state index contributed by atoms with van der Waals surface area (Å²) in [5, 5.41) is 0.965. The Morgan fingerprint density at radius 1 is 1.06 bits per heavy atom. The van der Waals surface area contributed by atoms with Gasteiger partial charge in [0.1, 0.15) is 4.83 Å². The molecule has 0 bridgehead atoms. The first-order chi connectivity index (χ1) is 16.9. The van der Waals surface area contributed by atoms with Crippen molar-refractivity contribution in [2.75, 3.05) is 32.1 Å². The number of anilines is 1. The minimum Gasteiger partial charge on any atom is -0.349 e. The Labute approximate surface area is 211 Å². The molecule has 1 amide bonds. The fourth-order valence-electron chi connectivity index (χ4n) is 4.31. The van der Waals surface area contributed by atoms with E-state index >= 15 is 0 Å². The number of hydrogen-bond donors (Lipinski definition) is 0. The average molecular weight is 509 g/mol. The Bertz CT molecular complexity index is 1320. The van der Waals surface area contributed by atoms with Crippen molar-refractivity contribution in [3.05, 3.63) is 65.0 Å². The first-order valence-corrected chi connectivity index (χ1v) is 13.1. The Hall–Kier alpha value is -3.17. The lowest BCUT2D eigenvalue weighted by Crippen LogP contribution is -2.40. The lowest BCUT2D eigenvalue weighted by molar-refractivity contribution is -0.133. The van der Waals surface area contributed by atoms with Gasteiger partial charge in [-0.1, -0.05) is 35.6 Å². The normalized spacial score (nSPS) is 14.4. The second-order valence-electron chi connectivity index (χ2n) is 8.94. The molecule has 1 aromatic carbocycles. The summed E-state index contributed by atoms with van der Waals surface area (Å²) >= 11 is 3.05. The first-order valence-electron chi connectivity index (χ1n) is 11.5. The molecule has 4 heterocycles. The largest absolute Gasteiger partial charge is 0.349 e. The van der Waals surface area contributed by atoms with Gasteiger partial charge in [0.15, 0.2) is 10.9 Å². The predicted molar refractivity (Wildman–Crippen MR) is 139 cm³/mol. The molecule has 35 heavy (non-hydrogen) atoms. The summed E-state index contributed by atoms with van der Waals surface area (Å²) in [5.41, 5.74) is 2.68. The van der Waals surface area contributed by atoms with Crippen molar-refractivity contribution >= 4 is 49.0 Å². The Morgan fingerprint density at radius 2 is 1.77 bits per heavy atom. The summed E-state index contributed by atoms with van der Waals surface area (Å²) in [4.78, 5) is 39.1. The van der Waals surface area contributed by atoms with Gasteiger partial charge < -0.3 is 9.80 Å². The summed E-state index contributed by atoms with van der Waals surface area (Å²) in [5.74, 6) is -0.140. The van der Waals surface area contributed by atoms with Crippen molar-refractivity contribution in [2.24, 2.45) is 5.92 Å². The maximum atomic E-state index is 13.0. The van der Waals surface area contributed by atoms with E-state index in [0.717, 1.165) is 57.3 Å². The topological polar surface area (TPSA) is 66.4 Å². The number of carbonyl (C=O) groups is 2. The predicted octanol–water partition coefficient (Wildman–Crippen LogP) is 5.29. The molecule has 3 aromatic heterocycles. The Kier molecular flexibility index (Phi) is 6.62. The van der Waals surface area contributed by atoms with Crippen LogP contribution in [0.1, 0.15) is 28.1 Å². The molecule has 9 heteroatoms. The van der Waals surface area contributed by atoms with Crippen LogP contribution < -0.4 is 4.90 Å². The number of rotatable bonds is 6. The Balaban J connectivity index is 1.22. The molecule has 1 aliphatic heterocycles. The average Bonchev–Trinajstić information content (AvgIpc) is 3.44. The van der Waals surface area contributed by atoms with Gasteiger partial charge in [0.2, 0.25) is 11.9 Å². The van der Waals surface area contributed by atoms with Gasteiger partial charge in [-0.2, -0.15) is 4.39 Å². The number of nitrogens with zero attached hydrogens (tertiary/aromatic N) is 4. The van der Waals surface area contributed by atoms with Crippen molar-refractivity contribution in [2.45, 2.75) is 19.3 Å². The molecule has 0 aliphatic carbocycles. The van der Waals surface area contributed by atoms with Gasteiger partial charge in [0, 0.05) is 51.3 Å². The quantitative estimate of drug-likeness (QED) is 0.262. The number of halogens is 1. The van der Waals surface area contributed by atoms with Gasteiger partial charge in [0.25, 0.3) is 0 Å². The van der Waals surface area contributed by atoms with Crippen LogP contribution in [-0.2, 0) is 11.2 Å². The summed E-state index contributed by atoms with van der Waals surface area (Å²) in [7, 11) is 3.62. The summed E-state index contributed by atoms with van der Waals surface area (Å²) < 4.78 is 14.1. The zero-order valence-electron chi connectivity index (χ0n) is 19.5. The molecule has 4 aromatic rings. The molecule has 0 N–H and O–H groups in total. The molecule has 6 nitrogen and oxygen atoms in total. The number of thiophene rings is 1. The van der Waals surface area contributed by atoms with Crippen LogP contribution in [0.4, 0.5) is 9.52 Å². The fourth-order valence-corrected chi connectivity index (χ4v) is 6.51. The summed E-state index contributed by atoms with van der Waals surface area (Å²) in [6.07, 6.45) is 3.49. The van der Waals surface area contributed by atoms with E-state index < -0.39 is 5.95 Å². The SMILES string of the molecule is CN(C)C(=O)C1CCN(c2nc3sc(C(=O)Cc4ccc(-c5ccc(F)nc5)cc4)cc3s2)CC1. The van der Waals surface area contributed by atoms with Crippen molar-refractivity contribution in [3.8, 4) is 11.1 Å². The lowest BCUT2D eigenvalue weighted by atomic mass is 9.96. The van der Waals surface area contributed by atoms with Gasteiger partial charge in [-0.3, -0.25) is 9.59 Å². The monoisotopic (exact) mass is 508 g/mol. The molecule has 0 atom stereocenters. The van der Waals surface area contributed by atoms with E-state index in [1.165, 1.54) is 23.6 Å². The van der Waals surface area contributed by atoms with Crippen LogP contribution in [0, 0.1) is 11.9 Å². The molecule has 0 spiro atoms. The standard InChI is InChI=1S/C26H25FN4O2S2/c1-30(2)25(33)18-9-11-31(12-10-18)26-29-24-22(35-26)14-21(34-24)20(32)13-16-3-5-17(6-4-16)19-7-8-23(27)28-15-19/h3-8,14-15,18H,9-13H2,1-2H3. The molecular formula is C26H25FN4O2S2. The number of Topliss-reactive ketones (excluding diaryl/α,β-unsaturated/α-hetero) is 1. The third kappa shape index (κ3) is 5.11. The van der Waals surface area contributed by atoms with Crippen LogP contribution in [0.3, 0.4) is 0 Å². The number of piperidine rings is 1. The number of benzene rings is 1. The van der Waals surface area contributed by atoms with Gasteiger partial charge in [0.05, 0.1) is 9.58 Å². The van der Waals surface area contributed by atoms with E-state index in [9.17, 15) is 14.0 Å². The lowest BCUT2D eigenvalue weighted by Gasteiger charge is -2.32. The molecule has 180 valence electrons. The number of aromatic nitrogens is 2. The minimum atomic E-state index is -0.505. The summed E-state index contributed by atoms with van der Waals surface area (Å²) in [6.45, 7) is 1.64. The van der Waals surface area contributed by atoms with Crippen LogP contribution in [0.15, 0.2) is 48.7 Å². The van der Waals surface area contributed by atoms with Crippen molar-refractivity contribution in [1.82, 2.24) is 14.9 Å². The zero-order chi connectivity index (χ0) is 24.5. The maximum Gasteiger partial charge on any atom is 0.225 e. The van der Waals surface area contributed by atoms with E-state index in [4.69, 9.17) is 4.98 Å². The van der Waals surface area contributed by atoms with Crippen molar-refractivity contribution < 1.29 is 14.0 Å². The van der Waals surface area contributed by atoms with Crippen LogP contribution in [0.25, 0.3) is 20.7 Å².